The molecule has 0 radical (unpaired) electrons. The van der Waals surface area contributed by atoms with Crippen LogP contribution in [0.2, 0.25) is 0 Å². The number of aliphatic hydroxyl groups is 1. The first-order valence-corrected chi connectivity index (χ1v) is 10.8. The third-order valence-corrected chi connectivity index (χ3v) is 6.14. The molecule has 1 aliphatic heterocycles. The van der Waals surface area contributed by atoms with Crippen LogP contribution in [0, 0.1) is 0 Å². The fraction of sp³-hybridized carbons (Fsp3) is 0.429. The van der Waals surface area contributed by atoms with E-state index in [0.29, 0.717) is 34.4 Å². The maximum absolute atomic E-state index is 12.3. The van der Waals surface area contributed by atoms with Crippen LogP contribution in [0.1, 0.15) is 28.6 Å². The highest BCUT2D eigenvalue weighted by atomic mass is 32.1. The second kappa shape index (κ2) is 10.0. The summed E-state index contributed by atoms with van der Waals surface area (Å²) in [7, 11) is 0. The number of hydrogen-bond acceptors (Lipinski definition) is 8. The summed E-state index contributed by atoms with van der Waals surface area (Å²) in [6, 6.07) is 7.16. The average molecular weight is 432 g/mol. The molecule has 5 N–H and O–H groups in total. The number of aromatic nitrogens is 1. The molecule has 1 unspecified atom stereocenters. The number of carbonyl (C=O) groups is 1. The Morgan fingerprint density at radius 2 is 2.10 bits per heavy atom. The van der Waals surface area contributed by atoms with E-state index in [0.717, 1.165) is 38.5 Å². The van der Waals surface area contributed by atoms with Gasteiger partial charge >= 0.3 is 0 Å². The Morgan fingerprint density at radius 3 is 2.77 bits per heavy atom. The van der Waals surface area contributed by atoms with E-state index in [4.69, 9.17) is 10.5 Å². The van der Waals surface area contributed by atoms with Crippen molar-refractivity contribution in [1.29, 1.82) is 0 Å². The number of nitrogens with two attached hydrogens (primary N) is 1. The standard InChI is InChI=1S/C21H29N5O3S/c1-3-8-21(2,28)17-18(22)25-20(30-17)24-16-6-4-15(5-7-16)19(27)23-9-10-26-11-13-29-14-12-26/h3-7,28H,1,8-14,22H2,2H3,(H,23,27)(H,24,25). The van der Waals surface area contributed by atoms with Crippen molar-refractivity contribution in [2.75, 3.05) is 50.4 Å². The lowest BCUT2D eigenvalue weighted by molar-refractivity contribution is 0.0383. The molecule has 0 aliphatic carbocycles. The number of nitrogen functional groups attached to an aromatic ring is 1. The van der Waals surface area contributed by atoms with Crippen molar-refractivity contribution >= 4 is 33.9 Å². The number of benzene rings is 1. The Morgan fingerprint density at radius 1 is 1.40 bits per heavy atom. The molecular formula is C21H29N5O3S. The summed E-state index contributed by atoms with van der Waals surface area (Å²) in [5.74, 6) is 0.196. The van der Waals surface area contributed by atoms with Gasteiger partial charge in [-0.25, -0.2) is 4.98 Å². The molecule has 9 heteroatoms. The Bertz CT molecular complexity index is 860. The zero-order valence-electron chi connectivity index (χ0n) is 17.2. The smallest absolute Gasteiger partial charge is 0.251 e. The van der Waals surface area contributed by atoms with Gasteiger partial charge in [-0.1, -0.05) is 17.4 Å². The van der Waals surface area contributed by atoms with E-state index >= 15 is 0 Å². The Hall–Kier alpha value is -2.46. The van der Waals surface area contributed by atoms with Crippen LogP contribution in [0.5, 0.6) is 0 Å². The van der Waals surface area contributed by atoms with Gasteiger partial charge in [0.1, 0.15) is 11.4 Å². The summed E-state index contributed by atoms with van der Waals surface area (Å²) in [6.07, 6.45) is 2.03. The quantitative estimate of drug-likeness (QED) is 0.451. The average Bonchev–Trinajstić information content (AvgIpc) is 3.10. The Kier molecular flexibility index (Phi) is 7.43. The number of morpholine rings is 1. The van der Waals surface area contributed by atoms with Crippen LogP contribution >= 0.6 is 11.3 Å². The summed E-state index contributed by atoms with van der Waals surface area (Å²) >= 11 is 1.30. The molecule has 8 nitrogen and oxygen atoms in total. The van der Waals surface area contributed by atoms with Gasteiger partial charge in [-0.15, -0.1) is 6.58 Å². The lowest BCUT2D eigenvalue weighted by Crippen LogP contribution is -2.41. The van der Waals surface area contributed by atoms with Crippen molar-refractivity contribution in [3.05, 3.63) is 47.4 Å². The zero-order valence-corrected chi connectivity index (χ0v) is 18.0. The van der Waals surface area contributed by atoms with Crippen LogP contribution in [0.4, 0.5) is 16.6 Å². The normalized spacial score (nSPS) is 16.6. The molecule has 30 heavy (non-hydrogen) atoms. The molecule has 1 fully saturated rings. The summed E-state index contributed by atoms with van der Waals surface area (Å²) < 4.78 is 5.32. The van der Waals surface area contributed by atoms with E-state index < -0.39 is 5.60 Å². The molecule has 0 bridgehead atoms. The van der Waals surface area contributed by atoms with Crippen molar-refractivity contribution < 1.29 is 14.6 Å². The van der Waals surface area contributed by atoms with Crippen molar-refractivity contribution in [3.63, 3.8) is 0 Å². The van der Waals surface area contributed by atoms with Crippen molar-refractivity contribution in [3.8, 4) is 0 Å². The SMILES string of the molecule is C=CCC(C)(O)c1sc(Nc2ccc(C(=O)NCCN3CCOCC3)cc2)nc1N. The Balaban J connectivity index is 1.54. The van der Waals surface area contributed by atoms with Gasteiger partial charge in [-0.2, -0.15) is 0 Å². The van der Waals surface area contributed by atoms with Crippen molar-refractivity contribution in [1.82, 2.24) is 15.2 Å². The van der Waals surface area contributed by atoms with E-state index in [9.17, 15) is 9.90 Å². The maximum Gasteiger partial charge on any atom is 0.251 e. The number of anilines is 3. The number of thiazole rings is 1. The number of nitrogens with zero attached hydrogens (tertiary/aromatic N) is 2. The second-order valence-corrected chi connectivity index (χ2v) is 8.41. The number of rotatable bonds is 9. The van der Waals surface area contributed by atoms with E-state index in [2.05, 4.69) is 27.1 Å². The molecule has 1 aliphatic rings. The molecule has 1 aromatic heterocycles. The van der Waals surface area contributed by atoms with Crippen LogP contribution in [0.15, 0.2) is 36.9 Å². The third kappa shape index (κ3) is 5.79. The monoisotopic (exact) mass is 431 g/mol. The molecule has 1 atom stereocenters. The summed E-state index contributed by atoms with van der Waals surface area (Å²) in [6.45, 7) is 10.1. The summed E-state index contributed by atoms with van der Waals surface area (Å²) in [5.41, 5.74) is 6.25. The predicted molar refractivity (Wildman–Crippen MR) is 120 cm³/mol. The molecule has 3 rings (SSSR count). The van der Waals surface area contributed by atoms with Gasteiger partial charge in [0, 0.05) is 37.4 Å². The molecule has 0 saturated carbocycles. The molecule has 2 aromatic rings. The third-order valence-electron chi connectivity index (χ3n) is 4.90. The van der Waals surface area contributed by atoms with E-state index in [1.165, 1.54) is 11.3 Å². The molecule has 0 spiro atoms. The first kappa shape index (κ1) is 22.2. The lowest BCUT2D eigenvalue weighted by atomic mass is 10.0. The second-order valence-electron chi connectivity index (χ2n) is 7.41. The highest BCUT2D eigenvalue weighted by Crippen LogP contribution is 2.37. The van der Waals surface area contributed by atoms with Gasteiger partial charge in [0.15, 0.2) is 5.13 Å². The van der Waals surface area contributed by atoms with Gasteiger partial charge in [0.25, 0.3) is 5.91 Å². The molecular weight excluding hydrogens is 402 g/mol. The van der Waals surface area contributed by atoms with Crippen LogP contribution in [0.25, 0.3) is 0 Å². The molecule has 162 valence electrons. The van der Waals surface area contributed by atoms with Gasteiger partial charge in [0.2, 0.25) is 0 Å². The minimum atomic E-state index is -1.10. The van der Waals surface area contributed by atoms with E-state index in [-0.39, 0.29) is 5.91 Å². The number of nitrogens with one attached hydrogen (secondary N) is 2. The summed E-state index contributed by atoms with van der Waals surface area (Å²) in [4.78, 5) is 19.5. The van der Waals surface area contributed by atoms with Crippen LogP contribution < -0.4 is 16.4 Å². The van der Waals surface area contributed by atoms with E-state index in [1.54, 1.807) is 25.1 Å². The minimum absolute atomic E-state index is 0.101. The number of amides is 1. The number of ether oxygens (including phenoxy) is 1. The first-order valence-electron chi connectivity index (χ1n) is 9.94. The molecule has 1 saturated heterocycles. The van der Waals surface area contributed by atoms with Gasteiger partial charge in [0.05, 0.1) is 18.1 Å². The molecule has 1 amide bonds. The number of hydrogen-bond donors (Lipinski definition) is 4. The zero-order chi connectivity index (χ0) is 21.6. The number of carbonyl (C=O) groups excluding carboxylic acids is 1. The molecule has 1 aromatic carbocycles. The van der Waals surface area contributed by atoms with E-state index in [1.807, 2.05) is 12.1 Å². The largest absolute Gasteiger partial charge is 0.384 e. The fourth-order valence-corrected chi connectivity index (χ4v) is 4.19. The van der Waals surface area contributed by atoms with Gasteiger partial charge < -0.3 is 26.2 Å². The van der Waals surface area contributed by atoms with Crippen LogP contribution in [-0.2, 0) is 10.3 Å². The highest BCUT2D eigenvalue weighted by molar-refractivity contribution is 7.16. The Labute approximate surface area is 180 Å². The van der Waals surface area contributed by atoms with Crippen molar-refractivity contribution in [2.24, 2.45) is 0 Å². The van der Waals surface area contributed by atoms with Crippen molar-refractivity contribution in [2.45, 2.75) is 18.9 Å². The highest BCUT2D eigenvalue weighted by Gasteiger charge is 2.28. The first-order chi connectivity index (χ1) is 14.4. The van der Waals surface area contributed by atoms with Gasteiger partial charge in [-0.3, -0.25) is 9.69 Å². The lowest BCUT2D eigenvalue weighted by Gasteiger charge is -2.26. The van der Waals surface area contributed by atoms with Gasteiger partial charge in [-0.05, 0) is 37.6 Å². The summed E-state index contributed by atoms with van der Waals surface area (Å²) in [5, 5.41) is 17.2. The van der Waals surface area contributed by atoms with Crippen LogP contribution in [0.3, 0.4) is 0 Å². The maximum atomic E-state index is 12.3. The minimum Gasteiger partial charge on any atom is -0.384 e. The molecule has 2 heterocycles. The van der Waals surface area contributed by atoms with Crippen LogP contribution in [-0.4, -0.2) is 60.3 Å². The topological polar surface area (TPSA) is 113 Å². The fourth-order valence-electron chi connectivity index (χ4n) is 3.23. The predicted octanol–water partition coefficient (Wildman–Crippen LogP) is 2.31.